The number of hydrogen-bond acceptors (Lipinski definition) is 4. The Morgan fingerprint density at radius 2 is 1.81 bits per heavy atom. The molecule has 5 heteroatoms. The highest BCUT2D eigenvalue weighted by Crippen LogP contribution is 2.11. The second kappa shape index (κ2) is 5.72. The number of nitrogens with zero attached hydrogens (tertiary/aromatic N) is 1. The van der Waals surface area contributed by atoms with Crippen molar-refractivity contribution in [3.8, 4) is 0 Å². The van der Waals surface area contributed by atoms with Crippen LogP contribution in [0.15, 0.2) is 0 Å². The van der Waals surface area contributed by atoms with E-state index in [2.05, 4.69) is 0 Å². The van der Waals surface area contributed by atoms with Gasteiger partial charge in [0.2, 0.25) is 0 Å². The molecule has 0 spiro atoms. The van der Waals surface area contributed by atoms with Crippen molar-refractivity contribution in [2.24, 2.45) is 0 Å². The predicted octanol–water partition coefficient (Wildman–Crippen LogP) is 1.80. The van der Waals surface area contributed by atoms with Crippen LogP contribution in [0.4, 0.5) is 4.79 Å². The number of ether oxygens (including phenoxy) is 2. The molecule has 0 N–H and O–H groups in total. The zero-order valence-corrected chi connectivity index (χ0v) is 10.9. The first kappa shape index (κ1) is 14.7. The van der Waals surface area contributed by atoms with Gasteiger partial charge in [0, 0.05) is 7.05 Å². The van der Waals surface area contributed by atoms with E-state index >= 15 is 0 Å². The van der Waals surface area contributed by atoms with E-state index in [1.54, 1.807) is 34.6 Å². The lowest BCUT2D eigenvalue weighted by atomic mass is 10.2. The van der Waals surface area contributed by atoms with Crippen LogP contribution in [0.1, 0.15) is 34.6 Å². The fraction of sp³-hybridized carbons (Fsp3) is 0.818. The van der Waals surface area contributed by atoms with Crippen LogP contribution in [0, 0.1) is 0 Å². The number of esters is 1. The molecular weight excluding hydrogens is 210 g/mol. The second-order valence-corrected chi connectivity index (χ2v) is 4.52. The lowest BCUT2D eigenvalue weighted by molar-refractivity contribution is -0.148. The quantitative estimate of drug-likeness (QED) is 0.695. The van der Waals surface area contributed by atoms with Crippen molar-refractivity contribution in [3.63, 3.8) is 0 Å². The molecule has 1 atom stereocenters. The zero-order valence-electron chi connectivity index (χ0n) is 10.9. The molecule has 0 rings (SSSR count). The number of hydrogen-bond donors (Lipinski definition) is 0. The summed E-state index contributed by atoms with van der Waals surface area (Å²) in [6.07, 6.45) is -0.534. The lowest BCUT2D eigenvalue weighted by Crippen LogP contribution is -2.43. The van der Waals surface area contributed by atoms with E-state index in [0.717, 1.165) is 0 Å². The van der Waals surface area contributed by atoms with Crippen molar-refractivity contribution in [2.45, 2.75) is 46.3 Å². The molecule has 16 heavy (non-hydrogen) atoms. The van der Waals surface area contributed by atoms with Gasteiger partial charge in [-0.1, -0.05) is 0 Å². The minimum absolute atomic E-state index is 0.297. The Labute approximate surface area is 96.7 Å². The number of amides is 1. The van der Waals surface area contributed by atoms with Crippen LogP contribution < -0.4 is 0 Å². The smallest absolute Gasteiger partial charge is 0.410 e. The first-order valence-electron chi connectivity index (χ1n) is 5.31. The van der Waals surface area contributed by atoms with Crippen LogP contribution in [0.2, 0.25) is 0 Å². The molecule has 0 radical (unpaired) electrons. The van der Waals surface area contributed by atoms with Crippen molar-refractivity contribution in [1.82, 2.24) is 4.90 Å². The maximum atomic E-state index is 11.6. The first-order chi connectivity index (χ1) is 7.19. The summed E-state index contributed by atoms with van der Waals surface area (Å²) in [7, 11) is 1.51. The van der Waals surface area contributed by atoms with Gasteiger partial charge >= 0.3 is 12.1 Å². The van der Waals surface area contributed by atoms with Crippen molar-refractivity contribution in [3.05, 3.63) is 0 Å². The zero-order chi connectivity index (χ0) is 12.9. The van der Waals surface area contributed by atoms with Crippen molar-refractivity contribution in [1.29, 1.82) is 0 Å². The van der Waals surface area contributed by atoms with Gasteiger partial charge in [-0.15, -0.1) is 0 Å². The SMILES string of the molecule is CCOC(=O)C(C)N(C)C(=O)OC(C)(C)C. The summed E-state index contributed by atoms with van der Waals surface area (Å²) < 4.78 is 9.94. The summed E-state index contributed by atoms with van der Waals surface area (Å²) in [6, 6.07) is -0.644. The fourth-order valence-electron chi connectivity index (χ4n) is 0.913. The molecule has 0 aromatic rings. The molecule has 0 aromatic heterocycles. The number of carbonyl (C=O) groups is 2. The molecule has 5 nitrogen and oxygen atoms in total. The van der Waals surface area contributed by atoms with Gasteiger partial charge in [-0.05, 0) is 34.6 Å². The molecule has 0 fully saturated rings. The Bertz CT molecular complexity index is 257. The summed E-state index contributed by atoms with van der Waals surface area (Å²) in [5.74, 6) is -0.434. The van der Waals surface area contributed by atoms with E-state index in [1.807, 2.05) is 0 Å². The van der Waals surface area contributed by atoms with Gasteiger partial charge in [0.1, 0.15) is 11.6 Å². The average Bonchev–Trinajstić information content (AvgIpc) is 2.13. The largest absolute Gasteiger partial charge is 0.464 e. The van der Waals surface area contributed by atoms with Gasteiger partial charge in [-0.25, -0.2) is 9.59 Å². The average molecular weight is 231 g/mol. The molecule has 1 unspecified atom stereocenters. The number of carbonyl (C=O) groups excluding carboxylic acids is 2. The van der Waals surface area contributed by atoms with Gasteiger partial charge in [0.05, 0.1) is 6.61 Å². The normalized spacial score (nSPS) is 12.9. The highest BCUT2D eigenvalue weighted by molar-refractivity contribution is 5.80. The highest BCUT2D eigenvalue weighted by Gasteiger charge is 2.27. The van der Waals surface area contributed by atoms with Gasteiger partial charge in [-0.3, -0.25) is 4.90 Å². The predicted molar refractivity (Wildman–Crippen MR) is 60.1 cm³/mol. The topological polar surface area (TPSA) is 55.8 Å². The summed E-state index contributed by atoms with van der Waals surface area (Å²) in [5, 5.41) is 0. The van der Waals surface area contributed by atoms with Crippen LogP contribution in [0.3, 0.4) is 0 Å². The number of rotatable bonds is 3. The van der Waals surface area contributed by atoms with Crippen LogP contribution in [0.25, 0.3) is 0 Å². The van der Waals surface area contributed by atoms with E-state index in [0.29, 0.717) is 6.61 Å². The van der Waals surface area contributed by atoms with Crippen LogP contribution in [0.5, 0.6) is 0 Å². The minimum Gasteiger partial charge on any atom is -0.464 e. The minimum atomic E-state index is -0.644. The first-order valence-corrected chi connectivity index (χ1v) is 5.31. The maximum absolute atomic E-state index is 11.6. The van der Waals surface area contributed by atoms with Crippen molar-refractivity contribution >= 4 is 12.1 Å². The van der Waals surface area contributed by atoms with Crippen molar-refractivity contribution in [2.75, 3.05) is 13.7 Å². The maximum Gasteiger partial charge on any atom is 0.410 e. The van der Waals surface area contributed by atoms with Crippen LogP contribution in [-0.2, 0) is 14.3 Å². The Hall–Kier alpha value is -1.26. The van der Waals surface area contributed by atoms with Crippen LogP contribution in [-0.4, -0.2) is 42.3 Å². The molecule has 0 aliphatic rings. The number of likely N-dealkylation sites (N-methyl/N-ethyl adjacent to an activating group) is 1. The standard InChI is InChI=1S/C11H21NO4/c1-7-15-9(13)8(2)12(6)10(14)16-11(3,4)5/h8H,7H2,1-6H3. The summed E-state index contributed by atoms with van der Waals surface area (Å²) >= 11 is 0. The molecule has 94 valence electrons. The summed E-state index contributed by atoms with van der Waals surface area (Å²) in [5.41, 5.74) is -0.570. The molecular formula is C11H21NO4. The molecule has 0 saturated heterocycles. The second-order valence-electron chi connectivity index (χ2n) is 4.52. The van der Waals surface area contributed by atoms with E-state index < -0.39 is 23.7 Å². The lowest BCUT2D eigenvalue weighted by Gasteiger charge is -2.27. The highest BCUT2D eigenvalue weighted by atomic mass is 16.6. The molecule has 0 saturated carbocycles. The molecule has 0 aliphatic carbocycles. The Morgan fingerprint density at radius 3 is 2.19 bits per heavy atom. The molecule has 0 bridgehead atoms. The fourth-order valence-corrected chi connectivity index (χ4v) is 0.913. The van der Waals surface area contributed by atoms with Gasteiger partial charge in [-0.2, -0.15) is 0 Å². The van der Waals surface area contributed by atoms with Gasteiger partial charge in [0.15, 0.2) is 0 Å². The third kappa shape index (κ3) is 5.00. The van der Waals surface area contributed by atoms with E-state index in [4.69, 9.17) is 9.47 Å². The van der Waals surface area contributed by atoms with E-state index in [-0.39, 0.29) is 0 Å². The Morgan fingerprint density at radius 1 is 1.31 bits per heavy atom. The van der Waals surface area contributed by atoms with E-state index in [9.17, 15) is 9.59 Å². The molecule has 0 aromatic carbocycles. The van der Waals surface area contributed by atoms with E-state index in [1.165, 1.54) is 11.9 Å². The molecule has 0 heterocycles. The monoisotopic (exact) mass is 231 g/mol. The van der Waals surface area contributed by atoms with Gasteiger partial charge in [0.25, 0.3) is 0 Å². The Kier molecular flexibility index (Phi) is 5.27. The summed E-state index contributed by atoms with van der Waals surface area (Å²) in [6.45, 7) is 8.93. The summed E-state index contributed by atoms with van der Waals surface area (Å²) in [4.78, 5) is 24.2. The third-order valence-electron chi connectivity index (χ3n) is 1.89. The van der Waals surface area contributed by atoms with Gasteiger partial charge < -0.3 is 9.47 Å². The Balaban J connectivity index is 4.38. The van der Waals surface area contributed by atoms with Crippen molar-refractivity contribution < 1.29 is 19.1 Å². The molecule has 1 amide bonds. The molecule has 0 aliphatic heterocycles. The van der Waals surface area contributed by atoms with Crippen LogP contribution >= 0.6 is 0 Å². The third-order valence-corrected chi connectivity index (χ3v) is 1.89.